The molecule has 3 nitrogen and oxygen atoms in total. The van der Waals surface area contributed by atoms with Crippen molar-refractivity contribution in [1.82, 2.24) is 0 Å². The van der Waals surface area contributed by atoms with Gasteiger partial charge in [0.15, 0.2) is 0 Å². The van der Waals surface area contributed by atoms with Gasteiger partial charge in [0, 0.05) is 0 Å². The highest BCUT2D eigenvalue weighted by molar-refractivity contribution is 5.70. The Morgan fingerprint density at radius 2 is 1.88 bits per heavy atom. The Kier molecular flexibility index (Phi) is 8.17. The van der Waals surface area contributed by atoms with Crippen LogP contribution in [0.5, 0.6) is 0 Å². The molecule has 0 spiro atoms. The van der Waals surface area contributed by atoms with Crippen LogP contribution in [0, 0.1) is 0 Å². The van der Waals surface area contributed by atoms with Crippen molar-refractivity contribution in [3.05, 3.63) is 35.9 Å². The number of aliphatic hydroxyl groups excluding tert-OH is 1. The zero-order chi connectivity index (χ0) is 12.4. The number of carbonyl (C=O) groups excluding carboxylic acids is 1. The largest absolute Gasteiger partial charge is 0.466 e. The van der Waals surface area contributed by atoms with E-state index in [9.17, 15) is 9.90 Å². The molecule has 0 unspecified atom stereocenters. The minimum atomic E-state index is -0.768. The standard InChI is InChI=1S/C11H14O3.C2H6/c1-2-14-11(13)8-10(12)9-6-4-3-5-7-9;1-2/h3-7,10,12H,2,8H2,1H3;1-2H3/t10-;/m0./s1. The molecule has 0 fully saturated rings. The molecule has 1 atom stereocenters. The molecule has 1 aromatic carbocycles. The van der Waals surface area contributed by atoms with E-state index in [1.807, 2.05) is 32.0 Å². The van der Waals surface area contributed by atoms with E-state index in [1.54, 1.807) is 19.1 Å². The minimum Gasteiger partial charge on any atom is -0.466 e. The lowest BCUT2D eigenvalue weighted by Crippen LogP contribution is -2.09. The summed E-state index contributed by atoms with van der Waals surface area (Å²) in [6, 6.07) is 9.07. The number of ether oxygens (including phenoxy) is 1. The molecule has 0 aromatic heterocycles. The summed E-state index contributed by atoms with van der Waals surface area (Å²) in [5.74, 6) is -0.371. The van der Waals surface area contributed by atoms with Gasteiger partial charge in [-0.1, -0.05) is 44.2 Å². The summed E-state index contributed by atoms with van der Waals surface area (Å²) < 4.78 is 4.74. The van der Waals surface area contributed by atoms with Crippen LogP contribution in [0.3, 0.4) is 0 Å². The van der Waals surface area contributed by atoms with Crippen molar-refractivity contribution in [3.63, 3.8) is 0 Å². The smallest absolute Gasteiger partial charge is 0.308 e. The van der Waals surface area contributed by atoms with Crippen LogP contribution in [0.1, 0.15) is 38.9 Å². The van der Waals surface area contributed by atoms with Gasteiger partial charge in [0.1, 0.15) is 0 Å². The van der Waals surface area contributed by atoms with E-state index in [0.717, 1.165) is 5.56 Å². The first-order valence-electron chi connectivity index (χ1n) is 5.62. The molecule has 0 aliphatic carbocycles. The van der Waals surface area contributed by atoms with Crippen molar-refractivity contribution in [2.45, 2.75) is 33.3 Å². The number of rotatable bonds is 4. The van der Waals surface area contributed by atoms with Crippen LogP contribution < -0.4 is 0 Å². The molecular weight excluding hydrogens is 204 g/mol. The summed E-state index contributed by atoms with van der Waals surface area (Å²) >= 11 is 0. The lowest BCUT2D eigenvalue weighted by atomic mass is 10.1. The first-order chi connectivity index (χ1) is 7.74. The summed E-state index contributed by atoms with van der Waals surface area (Å²) in [7, 11) is 0. The summed E-state index contributed by atoms with van der Waals surface area (Å²) in [4.78, 5) is 11.0. The van der Waals surface area contributed by atoms with E-state index < -0.39 is 6.10 Å². The van der Waals surface area contributed by atoms with Crippen molar-refractivity contribution >= 4 is 5.97 Å². The first kappa shape index (κ1) is 14.6. The lowest BCUT2D eigenvalue weighted by molar-refractivity contribution is -0.145. The van der Waals surface area contributed by atoms with Gasteiger partial charge in [-0.15, -0.1) is 0 Å². The molecule has 1 aromatic rings. The van der Waals surface area contributed by atoms with Crippen LogP contribution in [-0.4, -0.2) is 17.7 Å². The molecule has 16 heavy (non-hydrogen) atoms. The maximum Gasteiger partial charge on any atom is 0.308 e. The molecule has 0 bridgehead atoms. The third kappa shape index (κ3) is 5.51. The molecule has 0 saturated heterocycles. The van der Waals surface area contributed by atoms with Crippen LogP contribution in [0.25, 0.3) is 0 Å². The predicted octanol–water partition coefficient (Wildman–Crippen LogP) is 2.70. The average molecular weight is 224 g/mol. The average Bonchev–Trinajstić information content (AvgIpc) is 2.33. The van der Waals surface area contributed by atoms with Crippen LogP contribution in [0.15, 0.2) is 30.3 Å². The number of carbonyl (C=O) groups is 1. The third-order valence-electron chi connectivity index (χ3n) is 1.85. The maximum atomic E-state index is 11.0. The predicted molar refractivity (Wildman–Crippen MR) is 64.0 cm³/mol. The lowest BCUT2D eigenvalue weighted by Gasteiger charge is -2.09. The number of benzene rings is 1. The highest BCUT2D eigenvalue weighted by atomic mass is 16.5. The van der Waals surface area contributed by atoms with E-state index in [1.165, 1.54) is 0 Å². The van der Waals surface area contributed by atoms with Crippen molar-refractivity contribution in [2.24, 2.45) is 0 Å². The van der Waals surface area contributed by atoms with Crippen LogP contribution in [0.4, 0.5) is 0 Å². The third-order valence-corrected chi connectivity index (χ3v) is 1.85. The Hall–Kier alpha value is -1.35. The molecule has 90 valence electrons. The summed E-state index contributed by atoms with van der Waals surface area (Å²) in [6.45, 7) is 6.09. The maximum absolute atomic E-state index is 11.0. The van der Waals surface area contributed by atoms with E-state index in [-0.39, 0.29) is 12.4 Å². The second-order valence-corrected chi connectivity index (χ2v) is 2.94. The molecular formula is C13H20O3. The molecule has 0 radical (unpaired) electrons. The Morgan fingerprint density at radius 3 is 2.38 bits per heavy atom. The first-order valence-corrected chi connectivity index (χ1v) is 5.62. The van der Waals surface area contributed by atoms with Crippen molar-refractivity contribution < 1.29 is 14.6 Å². The zero-order valence-corrected chi connectivity index (χ0v) is 10.1. The van der Waals surface area contributed by atoms with Crippen LogP contribution in [-0.2, 0) is 9.53 Å². The molecule has 0 saturated carbocycles. The molecule has 3 heteroatoms. The number of hydrogen-bond acceptors (Lipinski definition) is 3. The number of esters is 1. The number of aliphatic hydroxyl groups is 1. The van der Waals surface area contributed by atoms with Crippen LogP contribution in [0.2, 0.25) is 0 Å². The molecule has 0 heterocycles. The summed E-state index contributed by atoms with van der Waals surface area (Å²) in [5, 5.41) is 9.62. The van der Waals surface area contributed by atoms with Gasteiger partial charge in [0.05, 0.1) is 19.1 Å². The Balaban J connectivity index is 0.00000106. The van der Waals surface area contributed by atoms with Gasteiger partial charge in [-0.3, -0.25) is 4.79 Å². The van der Waals surface area contributed by atoms with E-state index in [4.69, 9.17) is 4.74 Å². The van der Waals surface area contributed by atoms with E-state index >= 15 is 0 Å². The highest BCUT2D eigenvalue weighted by Gasteiger charge is 2.12. The molecule has 1 rings (SSSR count). The van der Waals surface area contributed by atoms with Crippen molar-refractivity contribution in [1.29, 1.82) is 0 Å². The molecule has 0 aliphatic rings. The second kappa shape index (κ2) is 8.92. The molecule has 0 amide bonds. The van der Waals surface area contributed by atoms with E-state index in [2.05, 4.69) is 0 Å². The second-order valence-electron chi connectivity index (χ2n) is 2.94. The number of hydrogen-bond donors (Lipinski definition) is 1. The Bertz CT molecular complexity index is 282. The van der Waals surface area contributed by atoms with Crippen molar-refractivity contribution in [3.8, 4) is 0 Å². The van der Waals surface area contributed by atoms with Gasteiger partial charge >= 0.3 is 5.97 Å². The SMILES string of the molecule is CC.CCOC(=O)C[C@H](O)c1ccccc1. The summed E-state index contributed by atoms with van der Waals surface area (Å²) in [6.07, 6.45) is -0.757. The fourth-order valence-electron chi connectivity index (χ4n) is 1.17. The molecule has 1 N–H and O–H groups in total. The van der Waals surface area contributed by atoms with Gasteiger partial charge in [0.2, 0.25) is 0 Å². The monoisotopic (exact) mass is 224 g/mol. The van der Waals surface area contributed by atoms with Gasteiger partial charge < -0.3 is 9.84 Å². The molecule has 0 aliphatic heterocycles. The van der Waals surface area contributed by atoms with Crippen molar-refractivity contribution in [2.75, 3.05) is 6.61 Å². The van der Waals surface area contributed by atoms with Gasteiger partial charge in [0.25, 0.3) is 0 Å². The van der Waals surface area contributed by atoms with Gasteiger partial charge in [-0.2, -0.15) is 0 Å². The topological polar surface area (TPSA) is 46.5 Å². The zero-order valence-electron chi connectivity index (χ0n) is 10.1. The summed E-state index contributed by atoms with van der Waals surface area (Å²) in [5.41, 5.74) is 0.737. The normalized spacial score (nSPS) is 11.0. The van der Waals surface area contributed by atoms with E-state index in [0.29, 0.717) is 6.61 Å². The van der Waals surface area contributed by atoms with Crippen LogP contribution >= 0.6 is 0 Å². The quantitative estimate of drug-likeness (QED) is 0.800. The Morgan fingerprint density at radius 1 is 1.31 bits per heavy atom. The fourth-order valence-corrected chi connectivity index (χ4v) is 1.17. The minimum absolute atomic E-state index is 0.0118. The Labute approximate surface area is 97.1 Å². The van der Waals surface area contributed by atoms with Gasteiger partial charge in [-0.05, 0) is 12.5 Å². The fraction of sp³-hybridized carbons (Fsp3) is 0.462. The highest BCUT2D eigenvalue weighted by Crippen LogP contribution is 2.16. The van der Waals surface area contributed by atoms with Gasteiger partial charge in [-0.25, -0.2) is 0 Å².